The van der Waals surface area contributed by atoms with Crippen molar-refractivity contribution >= 4 is 11.7 Å². The van der Waals surface area contributed by atoms with E-state index < -0.39 is 103 Å². The molecule has 5 saturated heterocycles. The van der Waals surface area contributed by atoms with Crippen LogP contribution in [0.5, 0.6) is 0 Å². The molecule has 2 aliphatic carbocycles. The Bertz CT molecular complexity index is 1950. The van der Waals surface area contributed by atoms with E-state index in [1.165, 1.54) is 6.42 Å². The maximum Gasteiger partial charge on any atom is 0.316 e. The van der Waals surface area contributed by atoms with Crippen molar-refractivity contribution < 1.29 is 72.3 Å². The van der Waals surface area contributed by atoms with Crippen molar-refractivity contribution in [3.05, 3.63) is 59.8 Å². The first-order valence-corrected chi connectivity index (χ1v) is 25.6. The second kappa shape index (κ2) is 22.5. The SMILES string of the molecule is C=CCO/N=C1/C(C)=C[C@H]2C(=O)O[C@H]3C[C@@H](C/C=C(\C)[C@@H](O[C@H]4C[C@H](OC)[C@@H](O[C@H]5C[C@H](OC)[C@@H](O)[C@H](C)O5)[C@H](C)O4)[C@@H](C)/C=C/C=C4\CO[C@H]1[C@@]42O)O[C@]1(C3)C[C@H](O)[C@H](C)[C@@H](C2CCCCC2)O1. The van der Waals surface area contributed by atoms with Crippen LogP contribution in [0.1, 0.15) is 112 Å². The summed E-state index contributed by atoms with van der Waals surface area (Å²) in [6.07, 6.45) is 10.8. The summed E-state index contributed by atoms with van der Waals surface area (Å²) in [6, 6.07) is 0. The van der Waals surface area contributed by atoms with Gasteiger partial charge in [0.2, 0.25) is 0 Å². The standard InChI is InChI=1S/C53H79NO15/c1-10-21-62-54-45-31(4)22-39-51(57)65-38-23-37(68-52(26-38)27-40(55)32(5)48(69-52)35-16-12-11-13-17-35)20-19-30(3)47(29(2)15-14-18-36-28-61-50(45)53(36,39)58)66-44-25-42(60-9)49(34(7)64-44)67-43-24-41(59-8)46(56)33(6)63-43/h10,14-15,18-19,22,29,32-35,37-44,46-50,55-56,58H,1,11-13,16-17,20-21,23-28H2,2-9H3/b15-14+,30-19+,36-18+,54-45-/t29-,32-,33-,34-,37+,38-,39-,40-,41-,42-,43-,44-,46-,47-,48-,49-,50+,52-,53+/m0/s1. The van der Waals surface area contributed by atoms with Crippen LogP contribution < -0.4 is 0 Å². The Morgan fingerprint density at radius 1 is 0.913 bits per heavy atom. The van der Waals surface area contributed by atoms with Crippen molar-refractivity contribution in [3.63, 3.8) is 0 Å². The number of carbonyl (C=O) groups excluding carboxylic acids is 1. The molecule has 1 spiro atoms. The summed E-state index contributed by atoms with van der Waals surface area (Å²) in [5.74, 6) is -2.95. The Morgan fingerprint density at radius 3 is 2.38 bits per heavy atom. The van der Waals surface area contributed by atoms with E-state index in [2.05, 4.69) is 31.7 Å². The molecular weight excluding hydrogens is 891 g/mol. The first-order valence-electron chi connectivity index (χ1n) is 25.6. The molecule has 69 heavy (non-hydrogen) atoms. The van der Waals surface area contributed by atoms with E-state index in [4.69, 9.17) is 52.2 Å². The predicted molar refractivity (Wildman–Crippen MR) is 253 cm³/mol. The number of allylic oxidation sites excluding steroid dienone is 2. The fraction of sp³-hybridized carbons (Fsp3) is 0.774. The molecule has 19 atom stereocenters. The molecular formula is C53H79NO15. The molecule has 0 radical (unpaired) electrons. The highest BCUT2D eigenvalue weighted by Gasteiger charge is 2.60. The summed E-state index contributed by atoms with van der Waals surface area (Å²) < 4.78 is 64.7. The zero-order valence-corrected chi connectivity index (χ0v) is 41.9. The van der Waals surface area contributed by atoms with Gasteiger partial charge in [-0.05, 0) is 69.6 Å². The number of oxime groups is 1. The fourth-order valence-corrected chi connectivity index (χ4v) is 12.2. The molecule has 0 aromatic rings. The second-order valence-corrected chi connectivity index (χ2v) is 21.0. The minimum Gasteiger partial charge on any atom is -0.462 e. The molecule has 6 heterocycles. The van der Waals surface area contributed by atoms with Gasteiger partial charge in [-0.1, -0.05) is 81.3 Å². The van der Waals surface area contributed by atoms with Crippen molar-refractivity contribution in [2.75, 3.05) is 27.4 Å². The van der Waals surface area contributed by atoms with Crippen LogP contribution in [0.15, 0.2) is 64.9 Å². The van der Waals surface area contributed by atoms with E-state index in [0.29, 0.717) is 42.5 Å². The summed E-state index contributed by atoms with van der Waals surface area (Å²) in [5.41, 5.74) is 0.587. The largest absolute Gasteiger partial charge is 0.462 e. The summed E-state index contributed by atoms with van der Waals surface area (Å²) in [6.45, 7) is 15.6. The molecule has 2 bridgehead atoms. The van der Waals surface area contributed by atoms with Gasteiger partial charge in [0.05, 0.1) is 55.4 Å². The maximum atomic E-state index is 14.7. The van der Waals surface area contributed by atoms with Crippen molar-refractivity contribution in [3.8, 4) is 0 Å². The quantitative estimate of drug-likeness (QED) is 0.0956. The maximum absolute atomic E-state index is 14.7. The highest BCUT2D eigenvalue weighted by atomic mass is 16.7. The van der Waals surface area contributed by atoms with Crippen LogP contribution >= 0.6 is 0 Å². The lowest BCUT2D eigenvalue weighted by Gasteiger charge is -2.53. The number of aliphatic hydroxyl groups excluding tert-OH is 2. The van der Waals surface area contributed by atoms with Crippen LogP contribution in [0.4, 0.5) is 0 Å². The van der Waals surface area contributed by atoms with Gasteiger partial charge < -0.3 is 67.5 Å². The minimum absolute atomic E-state index is 0.0337. The third-order valence-corrected chi connectivity index (χ3v) is 16.1. The smallest absolute Gasteiger partial charge is 0.316 e. The molecule has 0 aromatic carbocycles. The first kappa shape index (κ1) is 52.5. The zero-order valence-electron chi connectivity index (χ0n) is 41.9. The lowest BCUT2D eigenvalue weighted by atomic mass is 9.71. The molecule has 6 fully saturated rings. The van der Waals surface area contributed by atoms with Crippen LogP contribution in [-0.2, 0) is 57.0 Å². The number of aliphatic hydroxyl groups is 3. The van der Waals surface area contributed by atoms with E-state index >= 15 is 0 Å². The Balaban J connectivity index is 1.11. The Kier molecular flexibility index (Phi) is 17.1. The minimum atomic E-state index is -1.85. The molecule has 6 aliphatic heterocycles. The molecule has 16 heteroatoms. The lowest BCUT2D eigenvalue weighted by Crippen LogP contribution is -2.60. The van der Waals surface area contributed by atoms with Gasteiger partial charge in [0.25, 0.3) is 0 Å². The molecule has 0 amide bonds. The zero-order chi connectivity index (χ0) is 49.2. The number of methoxy groups -OCH3 is 2. The highest BCUT2D eigenvalue weighted by molar-refractivity contribution is 6.07. The van der Waals surface area contributed by atoms with Crippen LogP contribution in [-0.4, -0.2) is 152 Å². The Labute approximate surface area is 408 Å². The number of nitrogens with zero attached hydrogens (tertiary/aromatic N) is 1. The van der Waals surface area contributed by atoms with Gasteiger partial charge in [0.15, 0.2) is 18.4 Å². The number of esters is 1. The molecule has 8 rings (SSSR count). The number of hydrogen-bond acceptors (Lipinski definition) is 16. The van der Waals surface area contributed by atoms with Crippen LogP contribution in [0.3, 0.4) is 0 Å². The van der Waals surface area contributed by atoms with Crippen LogP contribution in [0.2, 0.25) is 0 Å². The topological polar surface area (TPSA) is 192 Å². The summed E-state index contributed by atoms with van der Waals surface area (Å²) >= 11 is 0. The van der Waals surface area contributed by atoms with Gasteiger partial charge in [0.1, 0.15) is 48.3 Å². The third kappa shape index (κ3) is 11.2. The molecule has 16 nitrogen and oxygen atoms in total. The molecule has 3 N–H and O–H groups in total. The van der Waals surface area contributed by atoms with Gasteiger partial charge in [0, 0.05) is 58.2 Å². The Hall–Kier alpha value is -2.84. The summed E-state index contributed by atoms with van der Waals surface area (Å²) in [4.78, 5) is 20.3. The fourth-order valence-electron chi connectivity index (χ4n) is 12.2. The van der Waals surface area contributed by atoms with E-state index in [9.17, 15) is 20.1 Å². The monoisotopic (exact) mass is 970 g/mol. The third-order valence-electron chi connectivity index (χ3n) is 16.1. The number of ether oxygens (including phenoxy) is 10. The highest BCUT2D eigenvalue weighted by Crippen LogP contribution is 2.49. The average Bonchev–Trinajstić information content (AvgIpc) is 3.66. The molecule has 0 unspecified atom stereocenters. The number of fused-ring (bicyclic) bond motifs is 2. The number of hydrogen-bond donors (Lipinski definition) is 3. The van der Waals surface area contributed by atoms with E-state index in [-0.39, 0.29) is 49.9 Å². The number of rotatable bonds is 10. The van der Waals surface area contributed by atoms with Crippen LogP contribution in [0.25, 0.3) is 0 Å². The first-order chi connectivity index (χ1) is 33.1. The van der Waals surface area contributed by atoms with E-state index in [0.717, 1.165) is 31.3 Å². The molecule has 1 saturated carbocycles. The average molecular weight is 970 g/mol. The molecule has 386 valence electrons. The normalized spacial score (nSPS) is 47.2. The van der Waals surface area contributed by atoms with Crippen molar-refractivity contribution in [2.45, 2.75) is 209 Å². The lowest BCUT2D eigenvalue weighted by molar-refractivity contribution is -0.355. The van der Waals surface area contributed by atoms with E-state index in [1.807, 2.05) is 39.0 Å². The van der Waals surface area contributed by atoms with Crippen molar-refractivity contribution in [2.24, 2.45) is 28.8 Å². The van der Waals surface area contributed by atoms with Gasteiger partial charge >= 0.3 is 5.97 Å². The van der Waals surface area contributed by atoms with E-state index in [1.54, 1.807) is 33.3 Å². The van der Waals surface area contributed by atoms with Gasteiger partial charge in [-0.15, -0.1) is 0 Å². The second-order valence-electron chi connectivity index (χ2n) is 21.0. The van der Waals surface area contributed by atoms with Gasteiger partial charge in [-0.25, -0.2) is 0 Å². The van der Waals surface area contributed by atoms with Crippen molar-refractivity contribution in [1.82, 2.24) is 0 Å². The van der Waals surface area contributed by atoms with Crippen molar-refractivity contribution in [1.29, 1.82) is 0 Å². The Morgan fingerprint density at radius 2 is 1.64 bits per heavy atom. The van der Waals surface area contributed by atoms with Gasteiger partial charge in [-0.3, -0.25) is 4.79 Å². The number of carbonyl (C=O) groups is 1. The van der Waals surface area contributed by atoms with Gasteiger partial charge in [-0.2, -0.15) is 0 Å². The molecule has 0 aromatic heterocycles. The summed E-state index contributed by atoms with van der Waals surface area (Å²) in [5, 5.41) is 39.6. The van der Waals surface area contributed by atoms with Crippen LogP contribution in [0, 0.1) is 23.7 Å². The molecule has 8 aliphatic rings. The summed E-state index contributed by atoms with van der Waals surface area (Å²) in [7, 11) is 3.22. The predicted octanol–water partition coefficient (Wildman–Crippen LogP) is 6.30.